The summed E-state index contributed by atoms with van der Waals surface area (Å²) in [7, 11) is 0. The van der Waals surface area contributed by atoms with Gasteiger partial charge in [-0.2, -0.15) is 15.2 Å². The average molecular weight is 370 g/mol. The first kappa shape index (κ1) is 17.5. The lowest BCUT2D eigenvalue weighted by Gasteiger charge is -2.13. The molecule has 4 aromatic rings. The number of hydrogen-bond donors (Lipinski definition) is 2. The molecule has 2 heterocycles. The van der Waals surface area contributed by atoms with Crippen molar-refractivity contribution in [2.24, 2.45) is 0 Å². The molecule has 0 aliphatic heterocycles. The highest BCUT2D eigenvalue weighted by Crippen LogP contribution is 2.32. The van der Waals surface area contributed by atoms with Crippen molar-refractivity contribution in [1.82, 2.24) is 19.9 Å². The third-order valence-corrected chi connectivity index (χ3v) is 4.30. The quantitative estimate of drug-likeness (QED) is 0.541. The summed E-state index contributed by atoms with van der Waals surface area (Å²) in [6.07, 6.45) is 1.56. The number of rotatable bonds is 4. The van der Waals surface area contributed by atoms with Gasteiger partial charge in [0, 0.05) is 5.69 Å². The van der Waals surface area contributed by atoms with Crippen LogP contribution < -0.4 is 10.1 Å². The smallest absolute Gasteiger partial charge is 0.250 e. The van der Waals surface area contributed by atoms with Gasteiger partial charge in [0.25, 0.3) is 5.88 Å². The van der Waals surface area contributed by atoms with Crippen LogP contribution in [0.15, 0.2) is 42.7 Å². The Bertz CT molecular complexity index is 1200. The highest BCUT2D eigenvalue weighted by Gasteiger charge is 2.15. The molecule has 2 N–H and O–H groups in total. The second-order valence-corrected chi connectivity index (χ2v) is 6.60. The fourth-order valence-electron chi connectivity index (χ4n) is 3.16. The molecule has 0 saturated heterocycles. The summed E-state index contributed by atoms with van der Waals surface area (Å²) in [5, 5.41) is 12.2. The third-order valence-electron chi connectivity index (χ3n) is 4.30. The van der Waals surface area contributed by atoms with E-state index in [0.29, 0.717) is 34.2 Å². The lowest BCUT2D eigenvalue weighted by Crippen LogP contribution is -2.01. The molecule has 0 unspecified atom stereocenters. The van der Waals surface area contributed by atoms with E-state index >= 15 is 0 Å². The van der Waals surface area contributed by atoms with Crippen molar-refractivity contribution in [3.8, 4) is 17.7 Å². The van der Waals surface area contributed by atoms with Gasteiger partial charge in [-0.05, 0) is 50.1 Å². The van der Waals surface area contributed by atoms with Gasteiger partial charge in [-0.15, -0.1) is 0 Å². The van der Waals surface area contributed by atoms with Crippen LogP contribution in [0.1, 0.15) is 22.3 Å². The van der Waals surface area contributed by atoms with E-state index in [1.165, 1.54) is 5.56 Å². The second kappa shape index (κ2) is 7.00. The zero-order valence-corrected chi connectivity index (χ0v) is 15.7. The van der Waals surface area contributed by atoms with Crippen LogP contribution >= 0.6 is 0 Å². The zero-order valence-electron chi connectivity index (χ0n) is 15.7. The largest absolute Gasteiger partial charge is 0.436 e. The molecule has 138 valence electrons. The SMILES string of the molecule is Cc1cc(C)c(Oc2nc(Nc3cccc(C#N)c3)nc3nc[nH]c23)c(C)c1. The van der Waals surface area contributed by atoms with Crippen molar-refractivity contribution in [2.75, 3.05) is 5.32 Å². The molecule has 0 bridgehead atoms. The molecule has 2 aromatic carbocycles. The van der Waals surface area contributed by atoms with Gasteiger partial charge < -0.3 is 15.0 Å². The van der Waals surface area contributed by atoms with Crippen LogP contribution in [0.4, 0.5) is 11.6 Å². The van der Waals surface area contributed by atoms with Crippen LogP contribution in [-0.4, -0.2) is 19.9 Å². The lowest BCUT2D eigenvalue weighted by atomic mass is 10.1. The molecule has 0 aliphatic rings. The topological polar surface area (TPSA) is 99.5 Å². The van der Waals surface area contributed by atoms with Crippen LogP contribution in [0, 0.1) is 32.1 Å². The average Bonchev–Trinajstić information content (AvgIpc) is 3.13. The highest BCUT2D eigenvalue weighted by atomic mass is 16.5. The Morgan fingerprint density at radius 3 is 2.61 bits per heavy atom. The van der Waals surface area contributed by atoms with Crippen molar-refractivity contribution in [3.63, 3.8) is 0 Å². The minimum absolute atomic E-state index is 0.340. The Morgan fingerprint density at radius 1 is 1.07 bits per heavy atom. The first-order valence-corrected chi connectivity index (χ1v) is 8.77. The minimum Gasteiger partial charge on any atom is -0.436 e. The van der Waals surface area contributed by atoms with E-state index in [2.05, 4.69) is 50.4 Å². The van der Waals surface area contributed by atoms with Gasteiger partial charge in [-0.3, -0.25) is 0 Å². The summed E-state index contributed by atoms with van der Waals surface area (Å²) in [5.41, 5.74) is 5.61. The van der Waals surface area contributed by atoms with Gasteiger partial charge in [0.2, 0.25) is 5.95 Å². The zero-order chi connectivity index (χ0) is 19.7. The summed E-state index contributed by atoms with van der Waals surface area (Å²) in [5.74, 6) is 1.49. The van der Waals surface area contributed by atoms with Gasteiger partial charge in [-0.1, -0.05) is 23.8 Å². The van der Waals surface area contributed by atoms with Crippen molar-refractivity contribution in [3.05, 3.63) is 65.0 Å². The van der Waals surface area contributed by atoms with E-state index in [4.69, 9.17) is 10.00 Å². The summed E-state index contributed by atoms with van der Waals surface area (Å²) in [6, 6.07) is 13.4. The number of nitriles is 1. The Hall–Kier alpha value is -3.92. The van der Waals surface area contributed by atoms with Crippen LogP contribution in [0.5, 0.6) is 11.6 Å². The van der Waals surface area contributed by atoms with E-state index in [1.54, 1.807) is 24.5 Å². The van der Waals surface area contributed by atoms with E-state index in [-0.39, 0.29) is 0 Å². The normalized spacial score (nSPS) is 10.6. The first-order chi connectivity index (χ1) is 13.5. The van der Waals surface area contributed by atoms with Crippen LogP contribution in [0.25, 0.3) is 11.2 Å². The van der Waals surface area contributed by atoms with Crippen molar-refractivity contribution < 1.29 is 4.74 Å². The molecule has 4 rings (SSSR count). The Labute approximate surface area is 162 Å². The molecule has 0 fully saturated rings. The Balaban J connectivity index is 1.75. The Morgan fingerprint density at radius 2 is 1.86 bits per heavy atom. The number of benzene rings is 2. The van der Waals surface area contributed by atoms with Crippen molar-refractivity contribution in [2.45, 2.75) is 20.8 Å². The van der Waals surface area contributed by atoms with Gasteiger partial charge in [0.1, 0.15) is 11.3 Å². The number of nitrogens with zero attached hydrogens (tertiary/aromatic N) is 4. The minimum atomic E-state index is 0.340. The maximum atomic E-state index is 9.08. The second-order valence-electron chi connectivity index (χ2n) is 6.60. The van der Waals surface area contributed by atoms with Gasteiger partial charge in [0.15, 0.2) is 5.65 Å². The van der Waals surface area contributed by atoms with Crippen molar-refractivity contribution >= 4 is 22.8 Å². The molecule has 0 amide bonds. The number of fused-ring (bicyclic) bond motifs is 1. The molecule has 0 atom stereocenters. The van der Waals surface area contributed by atoms with Gasteiger partial charge in [0.05, 0.1) is 18.0 Å². The molecule has 28 heavy (non-hydrogen) atoms. The Kier molecular flexibility index (Phi) is 4.38. The summed E-state index contributed by atoms with van der Waals surface area (Å²) in [4.78, 5) is 16.2. The van der Waals surface area contributed by atoms with E-state index < -0.39 is 0 Å². The van der Waals surface area contributed by atoms with Crippen LogP contribution in [0.3, 0.4) is 0 Å². The van der Waals surface area contributed by atoms with Crippen LogP contribution in [0.2, 0.25) is 0 Å². The highest BCUT2D eigenvalue weighted by molar-refractivity contribution is 5.78. The summed E-state index contributed by atoms with van der Waals surface area (Å²) < 4.78 is 6.18. The van der Waals surface area contributed by atoms with E-state index in [1.807, 2.05) is 19.9 Å². The molecule has 0 radical (unpaired) electrons. The third kappa shape index (κ3) is 3.35. The number of aromatic nitrogens is 4. The molecular formula is C21H18N6O. The number of nitrogens with one attached hydrogen (secondary N) is 2. The number of aromatic amines is 1. The maximum Gasteiger partial charge on any atom is 0.250 e. The lowest BCUT2D eigenvalue weighted by molar-refractivity contribution is 0.461. The molecule has 7 nitrogen and oxygen atoms in total. The molecule has 0 spiro atoms. The van der Waals surface area contributed by atoms with Crippen LogP contribution in [-0.2, 0) is 0 Å². The number of ether oxygens (including phenoxy) is 1. The first-order valence-electron chi connectivity index (χ1n) is 8.77. The van der Waals surface area contributed by atoms with E-state index in [9.17, 15) is 0 Å². The molecule has 0 saturated carbocycles. The number of imidazole rings is 1. The number of aryl methyl sites for hydroxylation is 3. The van der Waals surface area contributed by atoms with E-state index in [0.717, 1.165) is 16.9 Å². The molecule has 7 heteroatoms. The molecule has 2 aromatic heterocycles. The monoisotopic (exact) mass is 370 g/mol. The fraction of sp³-hybridized carbons (Fsp3) is 0.143. The maximum absolute atomic E-state index is 9.08. The molecular weight excluding hydrogens is 352 g/mol. The van der Waals surface area contributed by atoms with Gasteiger partial charge in [-0.25, -0.2) is 4.98 Å². The number of hydrogen-bond acceptors (Lipinski definition) is 6. The predicted octanol–water partition coefficient (Wildman–Crippen LogP) is 4.69. The summed E-state index contributed by atoms with van der Waals surface area (Å²) >= 11 is 0. The van der Waals surface area contributed by atoms with Crippen molar-refractivity contribution in [1.29, 1.82) is 5.26 Å². The predicted molar refractivity (Wildman–Crippen MR) is 107 cm³/mol. The van der Waals surface area contributed by atoms with Gasteiger partial charge >= 0.3 is 0 Å². The standard InChI is InChI=1S/C21H18N6O/c1-12-7-13(2)18(14(3)8-12)28-20-17-19(24-11-23-17)26-21(27-20)25-16-6-4-5-15(9-16)10-22/h4-9,11H,1-3H3,(H2,23,24,25,26,27). The molecule has 0 aliphatic carbocycles. The number of anilines is 2. The number of H-pyrrole nitrogens is 1. The summed E-state index contributed by atoms with van der Waals surface area (Å²) in [6.45, 7) is 6.07. The fourth-order valence-corrected chi connectivity index (χ4v) is 3.16.